The molecule has 0 spiro atoms. The molecule has 3 aromatic carbocycles. The van der Waals surface area contributed by atoms with E-state index < -0.39 is 17.9 Å². The lowest BCUT2D eigenvalue weighted by Gasteiger charge is -2.27. The number of ether oxygens (including phenoxy) is 3. The molecule has 234 valence electrons. The van der Waals surface area contributed by atoms with Crippen LogP contribution in [0.5, 0.6) is 17.2 Å². The number of benzene rings is 3. The Labute approximate surface area is 259 Å². The van der Waals surface area contributed by atoms with Crippen molar-refractivity contribution in [3.8, 4) is 17.2 Å². The number of nitrogens with zero attached hydrogens (tertiary/aromatic N) is 2. The fourth-order valence-electron chi connectivity index (χ4n) is 6.51. The molecule has 1 saturated heterocycles. The molecule has 2 N–H and O–H groups in total. The zero-order valence-corrected chi connectivity index (χ0v) is 26.3. The van der Waals surface area contributed by atoms with Gasteiger partial charge in [0.05, 0.1) is 12.5 Å². The molecule has 0 bridgehead atoms. The van der Waals surface area contributed by atoms with E-state index in [4.69, 9.17) is 14.2 Å². The number of amides is 1. The Kier molecular flexibility index (Phi) is 9.76. The normalized spacial score (nSPS) is 19.4. The molecule has 5 rings (SSSR count). The van der Waals surface area contributed by atoms with Crippen LogP contribution in [0.3, 0.4) is 0 Å². The first-order chi connectivity index (χ1) is 21.2. The summed E-state index contributed by atoms with van der Waals surface area (Å²) in [5.74, 6) is -0.202. The van der Waals surface area contributed by atoms with Gasteiger partial charge < -0.3 is 29.5 Å². The zero-order chi connectivity index (χ0) is 31.4. The number of aliphatic carboxylic acids is 1. The van der Waals surface area contributed by atoms with Crippen molar-refractivity contribution in [3.63, 3.8) is 0 Å². The van der Waals surface area contributed by atoms with Gasteiger partial charge in [0.15, 0.2) is 11.5 Å². The van der Waals surface area contributed by atoms with E-state index in [-0.39, 0.29) is 25.2 Å². The maximum Gasteiger partial charge on any atom is 0.309 e. The number of anilines is 1. The molecule has 0 radical (unpaired) electrons. The topological polar surface area (TPSA) is 101 Å². The second-order valence-corrected chi connectivity index (χ2v) is 11.8. The predicted molar refractivity (Wildman–Crippen MR) is 170 cm³/mol. The number of likely N-dealkylation sites (tertiary alicyclic amines) is 1. The average molecular weight is 602 g/mol. The summed E-state index contributed by atoms with van der Waals surface area (Å²) in [6, 6.07) is 17.0. The van der Waals surface area contributed by atoms with E-state index in [1.165, 1.54) is 0 Å². The van der Waals surface area contributed by atoms with Crippen LogP contribution in [0.25, 0.3) is 0 Å². The quantitative estimate of drug-likeness (QED) is 0.290. The average Bonchev–Trinajstić information content (AvgIpc) is 3.63. The van der Waals surface area contributed by atoms with Gasteiger partial charge in [0.25, 0.3) is 0 Å². The maximum absolute atomic E-state index is 13.7. The SMILES string of the molecule is CCc1cccc(CC)c1NC(=O)CN1C[C@H](c2ccc3c(c2C)OCO3)[C@@H](C(=O)O)[C@@H]1c1ccc(OCCN(C)C)cc1. The molecule has 9 heteroatoms. The summed E-state index contributed by atoms with van der Waals surface area (Å²) in [6.45, 7) is 8.01. The Hall–Kier alpha value is -4.08. The van der Waals surface area contributed by atoms with E-state index in [9.17, 15) is 14.7 Å². The molecule has 0 saturated carbocycles. The van der Waals surface area contributed by atoms with Gasteiger partial charge in [-0.1, -0.05) is 50.2 Å². The molecular formula is C35H43N3O6. The van der Waals surface area contributed by atoms with Gasteiger partial charge in [-0.05, 0) is 79.9 Å². The van der Waals surface area contributed by atoms with Crippen LogP contribution < -0.4 is 19.5 Å². The van der Waals surface area contributed by atoms with Gasteiger partial charge in [-0.3, -0.25) is 14.5 Å². The van der Waals surface area contributed by atoms with Crippen LogP contribution in [-0.4, -0.2) is 73.9 Å². The van der Waals surface area contributed by atoms with Gasteiger partial charge in [0.2, 0.25) is 12.7 Å². The number of likely N-dealkylation sites (N-methyl/N-ethyl adjacent to an activating group) is 1. The van der Waals surface area contributed by atoms with E-state index in [1.54, 1.807) is 0 Å². The van der Waals surface area contributed by atoms with Crippen molar-refractivity contribution in [2.75, 3.05) is 52.4 Å². The Morgan fingerprint density at radius 1 is 1.02 bits per heavy atom. The monoisotopic (exact) mass is 601 g/mol. The summed E-state index contributed by atoms with van der Waals surface area (Å²) in [5, 5.41) is 13.9. The molecule has 0 unspecified atom stereocenters. The molecular weight excluding hydrogens is 558 g/mol. The number of fused-ring (bicyclic) bond motifs is 1. The van der Waals surface area contributed by atoms with Crippen molar-refractivity contribution >= 4 is 17.6 Å². The van der Waals surface area contributed by atoms with Gasteiger partial charge in [0, 0.05) is 30.7 Å². The van der Waals surface area contributed by atoms with Crippen LogP contribution in [0.4, 0.5) is 5.69 Å². The number of carboxylic acids is 1. The molecule has 2 heterocycles. The fraction of sp³-hybridized carbons (Fsp3) is 0.429. The summed E-state index contributed by atoms with van der Waals surface area (Å²) >= 11 is 0. The molecule has 0 aromatic heterocycles. The van der Waals surface area contributed by atoms with Crippen LogP contribution in [0.2, 0.25) is 0 Å². The molecule has 2 aliphatic rings. The van der Waals surface area contributed by atoms with Gasteiger partial charge in [-0.25, -0.2) is 0 Å². The predicted octanol–water partition coefficient (Wildman–Crippen LogP) is 5.27. The lowest BCUT2D eigenvalue weighted by molar-refractivity contribution is -0.143. The summed E-state index contributed by atoms with van der Waals surface area (Å²) in [7, 11) is 3.98. The number of nitrogens with one attached hydrogen (secondary N) is 1. The minimum Gasteiger partial charge on any atom is -0.492 e. The van der Waals surface area contributed by atoms with Crippen molar-refractivity contribution in [1.82, 2.24) is 9.80 Å². The molecule has 44 heavy (non-hydrogen) atoms. The summed E-state index contributed by atoms with van der Waals surface area (Å²) in [6.07, 6.45) is 1.59. The van der Waals surface area contributed by atoms with Gasteiger partial charge >= 0.3 is 5.97 Å². The van der Waals surface area contributed by atoms with Crippen LogP contribution in [-0.2, 0) is 22.4 Å². The highest BCUT2D eigenvalue weighted by molar-refractivity contribution is 5.94. The van der Waals surface area contributed by atoms with Crippen LogP contribution in [0, 0.1) is 12.8 Å². The van der Waals surface area contributed by atoms with Crippen molar-refractivity contribution in [3.05, 3.63) is 82.4 Å². The fourth-order valence-corrected chi connectivity index (χ4v) is 6.51. The minimum atomic E-state index is -0.907. The van der Waals surface area contributed by atoms with Crippen molar-refractivity contribution in [1.29, 1.82) is 0 Å². The first kappa shape index (κ1) is 31.3. The highest BCUT2D eigenvalue weighted by Crippen LogP contribution is 2.49. The maximum atomic E-state index is 13.7. The third-order valence-corrected chi connectivity index (χ3v) is 8.75. The summed E-state index contributed by atoms with van der Waals surface area (Å²) in [5.41, 5.74) is 5.61. The van der Waals surface area contributed by atoms with E-state index >= 15 is 0 Å². The second kappa shape index (κ2) is 13.7. The number of carbonyl (C=O) groups is 2. The van der Waals surface area contributed by atoms with Crippen molar-refractivity contribution in [2.24, 2.45) is 5.92 Å². The van der Waals surface area contributed by atoms with E-state index in [0.717, 1.165) is 58.6 Å². The highest BCUT2D eigenvalue weighted by atomic mass is 16.7. The van der Waals surface area contributed by atoms with Crippen molar-refractivity contribution in [2.45, 2.75) is 45.6 Å². The summed E-state index contributed by atoms with van der Waals surface area (Å²) < 4.78 is 17.2. The van der Waals surface area contributed by atoms with Crippen molar-refractivity contribution < 1.29 is 28.9 Å². The Bertz CT molecular complexity index is 1470. The third-order valence-electron chi connectivity index (χ3n) is 8.75. The Morgan fingerprint density at radius 3 is 2.36 bits per heavy atom. The molecule has 3 atom stereocenters. The van der Waals surface area contributed by atoms with E-state index in [2.05, 4.69) is 19.2 Å². The molecule has 0 aliphatic carbocycles. The molecule has 3 aromatic rings. The Morgan fingerprint density at radius 2 is 1.73 bits per heavy atom. The van der Waals surface area contributed by atoms with Gasteiger partial charge in [-0.15, -0.1) is 0 Å². The first-order valence-corrected chi connectivity index (χ1v) is 15.4. The highest BCUT2D eigenvalue weighted by Gasteiger charge is 2.48. The number of hydrogen-bond donors (Lipinski definition) is 2. The largest absolute Gasteiger partial charge is 0.492 e. The van der Waals surface area contributed by atoms with Crippen LogP contribution >= 0.6 is 0 Å². The zero-order valence-electron chi connectivity index (χ0n) is 26.3. The standard InChI is InChI=1S/C35H43N3O6/c1-6-23-9-8-10-24(7-2)32(23)36-30(39)20-38-19-28(27-15-16-29-34(22(27)3)44-21-43-29)31(35(40)41)33(38)25-11-13-26(14-12-25)42-18-17-37(4)5/h8-16,28,31,33H,6-7,17-21H2,1-5H3,(H,36,39)(H,40,41)/t28-,31-,33+/m1/s1. The number of rotatable bonds is 12. The van der Waals surface area contributed by atoms with E-state index in [0.29, 0.717) is 24.7 Å². The Balaban J connectivity index is 1.48. The van der Waals surface area contributed by atoms with E-state index in [1.807, 2.05) is 85.4 Å². The number of carbonyl (C=O) groups excluding carboxylic acids is 1. The first-order valence-electron chi connectivity index (χ1n) is 15.4. The number of para-hydroxylation sites is 1. The van der Waals surface area contributed by atoms with Gasteiger partial charge in [-0.2, -0.15) is 0 Å². The minimum absolute atomic E-state index is 0.0524. The number of carboxylic acid groups (broad SMARTS) is 1. The lowest BCUT2D eigenvalue weighted by Crippen LogP contribution is -2.35. The smallest absolute Gasteiger partial charge is 0.309 e. The van der Waals surface area contributed by atoms with Crippen LogP contribution in [0.15, 0.2) is 54.6 Å². The third kappa shape index (κ3) is 6.54. The molecule has 9 nitrogen and oxygen atoms in total. The lowest BCUT2D eigenvalue weighted by atomic mass is 9.81. The second-order valence-electron chi connectivity index (χ2n) is 11.8. The summed E-state index contributed by atoms with van der Waals surface area (Å²) in [4.78, 5) is 30.8. The van der Waals surface area contributed by atoms with Gasteiger partial charge in [0.1, 0.15) is 12.4 Å². The molecule has 2 aliphatic heterocycles. The molecule has 1 amide bonds. The van der Waals surface area contributed by atoms with Crippen LogP contribution in [0.1, 0.15) is 53.6 Å². The molecule has 1 fully saturated rings. The number of aryl methyl sites for hydroxylation is 2. The number of hydrogen-bond acceptors (Lipinski definition) is 7.